The predicted octanol–water partition coefficient (Wildman–Crippen LogP) is 3.00. The molecule has 17 heavy (non-hydrogen) atoms. The minimum atomic E-state index is 0.484. The Labute approximate surface area is 116 Å². The third-order valence-electron chi connectivity index (χ3n) is 1.59. The Morgan fingerprint density at radius 2 is 1.94 bits per heavy atom. The second kappa shape index (κ2) is 6.81. The first-order valence-electron chi connectivity index (χ1n) is 4.25. The van der Waals surface area contributed by atoms with E-state index in [-0.39, 0.29) is 0 Å². The highest BCUT2D eigenvalue weighted by atomic mass is 79.9. The van der Waals surface area contributed by atoms with Crippen LogP contribution in [0.2, 0.25) is 0 Å². The number of carbonyl (C=O) groups excluding carboxylic acids is 1. The van der Waals surface area contributed by atoms with E-state index in [1.807, 2.05) is 0 Å². The van der Waals surface area contributed by atoms with Crippen molar-refractivity contribution in [2.45, 2.75) is 0 Å². The van der Waals surface area contributed by atoms with Crippen molar-refractivity contribution in [1.29, 1.82) is 0 Å². The normalized spacial score (nSPS) is 7.82. The van der Waals surface area contributed by atoms with Gasteiger partial charge in [0.1, 0.15) is 6.11 Å². The zero-order chi connectivity index (χ0) is 12.7. The van der Waals surface area contributed by atoms with Gasteiger partial charge in [0.05, 0.1) is 4.47 Å². The van der Waals surface area contributed by atoms with Gasteiger partial charge in [0.25, 0.3) is 0 Å². The summed E-state index contributed by atoms with van der Waals surface area (Å²) in [5, 5.41) is 0. The summed E-state index contributed by atoms with van der Waals surface area (Å²) >= 11 is 6.50. The third-order valence-corrected chi connectivity index (χ3v) is 2.89. The van der Waals surface area contributed by atoms with Gasteiger partial charge in [0.2, 0.25) is 0 Å². The van der Waals surface area contributed by atoms with E-state index in [1.165, 1.54) is 0 Å². The molecule has 4 heteroatoms. The molecule has 1 aromatic rings. The van der Waals surface area contributed by atoms with Crippen molar-refractivity contribution in [3.8, 4) is 42.0 Å². The van der Waals surface area contributed by atoms with E-state index in [1.54, 1.807) is 12.1 Å². The number of aldehydes is 1. The van der Waals surface area contributed by atoms with Crippen LogP contribution in [-0.2, 0) is 0 Å². The molecule has 0 radical (unpaired) electrons. The van der Waals surface area contributed by atoms with Crippen LogP contribution < -0.4 is 4.74 Å². The Kier molecular flexibility index (Phi) is 5.37. The van der Waals surface area contributed by atoms with Gasteiger partial charge in [-0.15, -0.1) is 6.42 Å². The van der Waals surface area contributed by atoms with Crippen molar-refractivity contribution in [3.05, 3.63) is 26.6 Å². The molecule has 0 spiro atoms. The molecule has 0 saturated carbocycles. The van der Waals surface area contributed by atoms with Crippen LogP contribution >= 0.6 is 31.9 Å². The van der Waals surface area contributed by atoms with Gasteiger partial charge in [0.15, 0.2) is 12.0 Å². The zero-order valence-corrected chi connectivity index (χ0v) is 11.6. The lowest BCUT2D eigenvalue weighted by atomic mass is 10.2. The molecule has 1 aromatic carbocycles. The van der Waals surface area contributed by atoms with Gasteiger partial charge in [-0.3, -0.25) is 4.79 Å². The molecule has 0 fully saturated rings. The molecule has 0 N–H and O–H groups in total. The first-order valence-corrected chi connectivity index (χ1v) is 5.84. The summed E-state index contributed by atoms with van der Waals surface area (Å²) in [5.74, 6) is 9.78. The van der Waals surface area contributed by atoms with Crippen LogP contribution in [-0.4, -0.2) is 6.29 Å². The van der Waals surface area contributed by atoms with Gasteiger partial charge in [-0.1, -0.05) is 0 Å². The Morgan fingerprint density at radius 3 is 2.59 bits per heavy atom. The molecule has 2 nitrogen and oxygen atoms in total. The molecule has 0 bridgehead atoms. The van der Waals surface area contributed by atoms with Gasteiger partial charge in [-0.2, -0.15) is 0 Å². The highest BCUT2D eigenvalue weighted by molar-refractivity contribution is 9.11. The minimum Gasteiger partial charge on any atom is -0.405 e. The molecule has 82 valence electrons. The van der Waals surface area contributed by atoms with Gasteiger partial charge in [-0.25, -0.2) is 0 Å². The fraction of sp³-hybridized carbons (Fsp3) is 0. The average molecular weight is 352 g/mol. The lowest BCUT2D eigenvalue weighted by Crippen LogP contribution is -1.88. The molecule has 0 aliphatic heterocycles. The highest BCUT2D eigenvalue weighted by Gasteiger charge is 2.06. The zero-order valence-electron chi connectivity index (χ0n) is 8.38. The van der Waals surface area contributed by atoms with Crippen LogP contribution in [0, 0.1) is 36.2 Å². The standard InChI is InChI=1S/C13H4Br2O2/c1-2-3-4-5-6-17-13-8-11(14)10(9-16)7-12(13)15/h1,7-9H. The second-order valence-electron chi connectivity index (χ2n) is 2.65. The van der Waals surface area contributed by atoms with Crippen LogP contribution in [0.25, 0.3) is 0 Å². The van der Waals surface area contributed by atoms with Gasteiger partial charge in [-0.05, 0) is 55.8 Å². The molecule has 0 unspecified atom stereocenters. The van der Waals surface area contributed by atoms with Crippen molar-refractivity contribution in [2.24, 2.45) is 0 Å². The third kappa shape index (κ3) is 4.00. The molecule has 0 aliphatic rings. The van der Waals surface area contributed by atoms with E-state index in [9.17, 15) is 4.79 Å². The Hall–Kier alpha value is -1.67. The maximum atomic E-state index is 10.7. The van der Waals surface area contributed by atoms with Crippen molar-refractivity contribution in [2.75, 3.05) is 0 Å². The Balaban J connectivity index is 2.92. The molecule has 0 atom stereocenters. The van der Waals surface area contributed by atoms with Crippen molar-refractivity contribution >= 4 is 38.1 Å². The first kappa shape index (κ1) is 13.4. The molecular weight excluding hydrogens is 348 g/mol. The second-order valence-corrected chi connectivity index (χ2v) is 4.35. The monoisotopic (exact) mass is 350 g/mol. The SMILES string of the molecule is C#CC#CC#COc1cc(Br)c(C=O)cc1Br. The number of ether oxygens (including phenoxy) is 1. The fourth-order valence-corrected chi connectivity index (χ4v) is 1.74. The Bertz CT molecular complexity index is 605. The maximum Gasteiger partial charge on any atom is 0.155 e. The summed E-state index contributed by atoms with van der Waals surface area (Å²) in [4.78, 5) is 10.7. The number of carbonyl (C=O) groups is 1. The maximum absolute atomic E-state index is 10.7. The van der Waals surface area contributed by atoms with Crippen molar-refractivity contribution < 1.29 is 9.53 Å². The molecule has 0 amide bonds. The van der Waals surface area contributed by atoms with E-state index in [0.717, 1.165) is 6.29 Å². The fourth-order valence-electron chi connectivity index (χ4n) is 0.886. The average Bonchev–Trinajstić information content (AvgIpc) is 2.32. The first-order chi connectivity index (χ1) is 8.19. The largest absolute Gasteiger partial charge is 0.405 e. The Morgan fingerprint density at radius 1 is 1.18 bits per heavy atom. The molecular formula is C13H4Br2O2. The predicted molar refractivity (Wildman–Crippen MR) is 72.2 cm³/mol. The topological polar surface area (TPSA) is 26.3 Å². The van der Waals surface area contributed by atoms with Gasteiger partial charge < -0.3 is 4.74 Å². The van der Waals surface area contributed by atoms with Crippen LogP contribution in [0.15, 0.2) is 21.1 Å². The number of benzene rings is 1. The van der Waals surface area contributed by atoms with Crippen LogP contribution in [0.3, 0.4) is 0 Å². The quantitative estimate of drug-likeness (QED) is 0.604. The van der Waals surface area contributed by atoms with E-state index in [2.05, 4.69) is 61.6 Å². The summed E-state index contributed by atoms with van der Waals surface area (Å²) in [6.45, 7) is 0. The summed E-state index contributed by atoms with van der Waals surface area (Å²) in [7, 11) is 0. The number of halogens is 2. The smallest absolute Gasteiger partial charge is 0.155 e. The van der Waals surface area contributed by atoms with E-state index < -0.39 is 0 Å². The number of terminal acetylenes is 1. The molecule has 0 aliphatic carbocycles. The summed E-state index contributed by atoms with van der Waals surface area (Å²) in [6.07, 6.45) is 8.04. The molecule has 0 aromatic heterocycles. The van der Waals surface area contributed by atoms with Crippen LogP contribution in [0.4, 0.5) is 0 Å². The van der Waals surface area contributed by atoms with Gasteiger partial charge >= 0.3 is 0 Å². The number of hydrogen-bond donors (Lipinski definition) is 0. The van der Waals surface area contributed by atoms with Crippen molar-refractivity contribution in [3.63, 3.8) is 0 Å². The van der Waals surface area contributed by atoms with E-state index >= 15 is 0 Å². The lowest BCUT2D eigenvalue weighted by molar-refractivity contribution is 0.112. The van der Waals surface area contributed by atoms with E-state index in [4.69, 9.17) is 11.2 Å². The number of rotatable bonds is 2. The number of hydrogen-bond acceptors (Lipinski definition) is 2. The van der Waals surface area contributed by atoms with Crippen LogP contribution in [0.5, 0.6) is 5.75 Å². The summed E-state index contributed by atoms with van der Waals surface area (Å²) in [6, 6.07) is 3.26. The summed E-state index contributed by atoms with van der Waals surface area (Å²) in [5.41, 5.74) is 0.518. The highest BCUT2D eigenvalue weighted by Crippen LogP contribution is 2.30. The van der Waals surface area contributed by atoms with Gasteiger partial charge in [0, 0.05) is 21.9 Å². The minimum absolute atomic E-state index is 0.484. The molecule has 0 heterocycles. The van der Waals surface area contributed by atoms with Crippen molar-refractivity contribution in [1.82, 2.24) is 0 Å². The van der Waals surface area contributed by atoms with Crippen LogP contribution in [0.1, 0.15) is 10.4 Å². The summed E-state index contributed by atoms with van der Waals surface area (Å²) < 4.78 is 6.39. The lowest BCUT2D eigenvalue weighted by Gasteiger charge is -2.03. The molecule has 1 rings (SSSR count). The molecule has 0 saturated heterocycles. The van der Waals surface area contributed by atoms with E-state index in [0.29, 0.717) is 20.3 Å².